The Hall–Kier alpha value is -1.02. The molecule has 1 aromatic rings. The molecule has 1 saturated heterocycles. The Balaban J connectivity index is 2.01. The molecule has 1 unspecified atom stereocenters. The van der Waals surface area contributed by atoms with Gasteiger partial charge in [0.05, 0.1) is 0 Å². The van der Waals surface area contributed by atoms with E-state index in [-0.39, 0.29) is 0 Å². The molecule has 94 valence electrons. The van der Waals surface area contributed by atoms with E-state index in [0.29, 0.717) is 6.10 Å². The lowest BCUT2D eigenvalue weighted by atomic mass is 10.1. The van der Waals surface area contributed by atoms with E-state index in [1.807, 2.05) is 0 Å². The molecule has 1 aliphatic rings. The first-order valence-corrected chi connectivity index (χ1v) is 6.57. The minimum Gasteiger partial charge on any atom is -0.489 e. The SMILES string of the molecule is Cc1ccc(OC2CCCCN(C)C2)cc1C. The maximum atomic E-state index is 6.10. The van der Waals surface area contributed by atoms with Crippen LogP contribution in [0.2, 0.25) is 0 Å². The Bertz CT molecular complexity index is 375. The molecule has 0 amide bonds. The number of likely N-dealkylation sites (N-methyl/N-ethyl adjacent to an activating group) is 1. The van der Waals surface area contributed by atoms with Gasteiger partial charge in [-0.2, -0.15) is 0 Å². The summed E-state index contributed by atoms with van der Waals surface area (Å²) in [6.07, 6.45) is 4.10. The summed E-state index contributed by atoms with van der Waals surface area (Å²) in [4.78, 5) is 2.37. The summed E-state index contributed by atoms with van der Waals surface area (Å²) < 4.78 is 6.10. The Morgan fingerprint density at radius 3 is 2.76 bits per heavy atom. The highest BCUT2D eigenvalue weighted by Crippen LogP contribution is 2.20. The third-order valence-electron chi connectivity index (χ3n) is 3.61. The van der Waals surface area contributed by atoms with E-state index in [1.54, 1.807) is 0 Å². The maximum absolute atomic E-state index is 6.10. The van der Waals surface area contributed by atoms with E-state index >= 15 is 0 Å². The number of aryl methyl sites for hydroxylation is 2. The second-order valence-corrected chi connectivity index (χ2v) is 5.24. The number of benzene rings is 1. The van der Waals surface area contributed by atoms with Gasteiger partial charge in [0.25, 0.3) is 0 Å². The first-order valence-electron chi connectivity index (χ1n) is 6.57. The summed E-state index contributed by atoms with van der Waals surface area (Å²) >= 11 is 0. The molecule has 0 spiro atoms. The Kier molecular flexibility index (Phi) is 4.06. The van der Waals surface area contributed by atoms with E-state index in [1.165, 1.54) is 36.9 Å². The summed E-state index contributed by atoms with van der Waals surface area (Å²) in [7, 11) is 2.18. The van der Waals surface area contributed by atoms with Gasteiger partial charge in [0.15, 0.2) is 0 Å². The minimum atomic E-state index is 0.351. The van der Waals surface area contributed by atoms with Crippen molar-refractivity contribution in [3.63, 3.8) is 0 Å². The van der Waals surface area contributed by atoms with Crippen LogP contribution in [0.1, 0.15) is 30.4 Å². The fraction of sp³-hybridized carbons (Fsp3) is 0.600. The van der Waals surface area contributed by atoms with Gasteiger partial charge < -0.3 is 9.64 Å². The van der Waals surface area contributed by atoms with Crippen LogP contribution in [0.25, 0.3) is 0 Å². The summed E-state index contributed by atoms with van der Waals surface area (Å²) in [6.45, 7) is 6.53. The quantitative estimate of drug-likeness (QED) is 0.778. The molecule has 1 atom stereocenters. The monoisotopic (exact) mass is 233 g/mol. The molecular weight excluding hydrogens is 210 g/mol. The van der Waals surface area contributed by atoms with Crippen molar-refractivity contribution in [2.45, 2.75) is 39.2 Å². The molecule has 1 heterocycles. The molecule has 2 heteroatoms. The normalized spacial score (nSPS) is 22.2. The van der Waals surface area contributed by atoms with Crippen molar-refractivity contribution >= 4 is 0 Å². The zero-order valence-electron chi connectivity index (χ0n) is 11.2. The lowest BCUT2D eigenvalue weighted by Crippen LogP contribution is -2.31. The lowest BCUT2D eigenvalue weighted by Gasteiger charge is -2.21. The minimum absolute atomic E-state index is 0.351. The van der Waals surface area contributed by atoms with Crippen LogP contribution in [0.15, 0.2) is 18.2 Å². The highest BCUT2D eigenvalue weighted by Gasteiger charge is 2.16. The standard InChI is InChI=1S/C15H23NO/c1-12-7-8-14(10-13(12)2)17-15-6-4-5-9-16(3)11-15/h7-8,10,15H,4-6,9,11H2,1-3H3. The van der Waals surface area contributed by atoms with Crippen LogP contribution in [-0.2, 0) is 0 Å². The summed E-state index contributed by atoms with van der Waals surface area (Å²) in [5.41, 5.74) is 2.64. The van der Waals surface area contributed by atoms with Crippen LogP contribution in [0, 0.1) is 13.8 Å². The molecule has 1 aromatic carbocycles. The van der Waals surface area contributed by atoms with Crippen LogP contribution in [0.5, 0.6) is 5.75 Å². The van der Waals surface area contributed by atoms with Gasteiger partial charge in [-0.15, -0.1) is 0 Å². The predicted octanol–water partition coefficient (Wildman–Crippen LogP) is 3.17. The van der Waals surface area contributed by atoms with Crippen molar-refractivity contribution in [3.8, 4) is 5.75 Å². The Labute approximate surface area is 105 Å². The average molecular weight is 233 g/mol. The van der Waals surface area contributed by atoms with E-state index in [0.717, 1.165) is 12.3 Å². The predicted molar refractivity (Wildman–Crippen MR) is 71.7 cm³/mol. The molecule has 0 saturated carbocycles. The second kappa shape index (κ2) is 5.54. The summed E-state index contributed by atoms with van der Waals surface area (Å²) in [5, 5.41) is 0. The zero-order chi connectivity index (χ0) is 12.3. The molecule has 1 aliphatic heterocycles. The molecule has 0 aliphatic carbocycles. The Morgan fingerprint density at radius 2 is 2.00 bits per heavy atom. The highest BCUT2D eigenvalue weighted by atomic mass is 16.5. The number of rotatable bonds is 2. The topological polar surface area (TPSA) is 12.5 Å². The smallest absolute Gasteiger partial charge is 0.120 e. The van der Waals surface area contributed by atoms with Crippen molar-refractivity contribution in [3.05, 3.63) is 29.3 Å². The molecule has 1 fully saturated rings. The van der Waals surface area contributed by atoms with Crippen molar-refractivity contribution in [1.29, 1.82) is 0 Å². The fourth-order valence-corrected chi connectivity index (χ4v) is 2.36. The molecule has 0 bridgehead atoms. The van der Waals surface area contributed by atoms with Gasteiger partial charge >= 0.3 is 0 Å². The second-order valence-electron chi connectivity index (χ2n) is 5.24. The Morgan fingerprint density at radius 1 is 1.18 bits per heavy atom. The van der Waals surface area contributed by atoms with Crippen LogP contribution >= 0.6 is 0 Å². The first kappa shape index (κ1) is 12.4. The highest BCUT2D eigenvalue weighted by molar-refractivity contribution is 5.33. The van der Waals surface area contributed by atoms with Gasteiger partial charge in [-0.3, -0.25) is 0 Å². The number of ether oxygens (including phenoxy) is 1. The van der Waals surface area contributed by atoms with Crippen molar-refractivity contribution in [2.24, 2.45) is 0 Å². The number of hydrogen-bond acceptors (Lipinski definition) is 2. The zero-order valence-corrected chi connectivity index (χ0v) is 11.2. The van der Waals surface area contributed by atoms with Crippen molar-refractivity contribution < 1.29 is 4.74 Å². The van der Waals surface area contributed by atoms with Crippen LogP contribution < -0.4 is 4.74 Å². The molecular formula is C15H23NO. The summed E-state index contributed by atoms with van der Waals surface area (Å²) in [5.74, 6) is 1.02. The lowest BCUT2D eigenvalue weighted by molar-refractivity contribution is 0.155. The van der Waals surface area contributed by atoms with E-state index in [9.17, 15) is 0 Å². The summed E-state index contributed by atoms with van der Waals surface area (Å²) in [6, 6.07) is 6.39. The van der Waals surface area contributed by atoms with E-state index in [4.69, 9.17) is 4.74 Å². The maximum Gasteiger partial charge on any atom is 0.120 e. The molecule has 0 radical (unpaired) electrons. The third-order valence-corrected chi connectivity index (χ3v) is 3.61. The number of likely N-dealkylation sites (tertiary alicyclic amines) is 1. The van der Waals surface area contributed by atoms with Crippen molar-refractivity contribution in [1.82, 2.24) is 4.90 Å². The van der Waals surface area contributed by atoms with Gasteiger partial charge in [0.2, 0.25) is 0 Å². The van der Waals surface area contributed by atoms with Crippen molar-refractivity contribution in [2.75, 3.05) is 20.1 Å². The molecule has 2 rings (SSSR count). The molecule has 2 nitrogen and oxygen atoms in total. The van der Waals surface area contributed by atoms with Crippen LogP contribution in [-0.4, -0.2) is 31.1 Å². The largest absolute Gasteiger partial charge is 0.489 e. The van der Waals surface area contributed by atoms with Gasteiger partial charge in [-0.25, -0.2) is 0 Å². The van der Waals surface area contributed by atoms with Gasteiger partial charge in [-0.1, -0.05) is 6.07 Å². The number of nitrogens with zero attached hydrogens (tertiary/aromatic N) is 1. The van der Waals surface area contributed by atoms with Crippen LogP contribution in [0.3, 0.4) is 0 Å². The first-order chi connectivity index (χ1) is 8.15. The molecule has 17 heavy (non-hydrogen) atoms. The van der Waals surface area contributed by atoms with Gasteiger partial charge in [0, 0.05) is 6.54 Å². The third kappa shape index (κ3) is 3.47. The van der Waals surface area contributed by atoms with Crippen LogP contribution in [0.4, 0.5) is 0 Å². The molecule has 0 N–H and O–H groups in total. The van der Waals surface area contributed by atoms with E-state index < -0.39 is 0 Å². The number of hydrogen-bond donors (Lipinski definition) is 0. The van der Waals surface area contributed by atoms with Gasteiger partial charge in [-0.05, 0) is 70.0 Å². The van der Waals surface area contributed by atoms with E-state index in [2.05, 4.69) is 44.0 Å². The van der Waals surface area contributed by atoms with Gasteiger partial charge in [0.1, 0.15) is 11.9 Å². The molecule has 0 aromatic heterocycles. The average Bonchev–Trinajstić information content (AvgIpc) is 2.48. The fourth-order valence-electron chi connectivity index (χ4n) is 2.36.